The first-order valence-corrected chi connectivity index (χ1v) is 10.2. The largest absolute Gasteiger partial charge is 0.573 e. The Labute approximate surface area is 175 Å². The van der Waals surface area contributed by atoms with E-state index >= 15 is 0 Å². The molecule has 2 aromatic rings. The van der Waals surface area contributed by atoms with Crippen LogP contribution in [0.15, 0.2) is 42.5 Å². The van der Waals surface area contributed by atoms with Gasteiger partial charge in [-0.15, -0.1) is 13.2 Å². The molecular formula is C20H21F3NO5S+. The standard InChI is InChI=1S/C20H20F3NO5S/c1-13-12-14(2-7-17(13)27-10-11-30-26)24-9-8-18(19(24)25)28-15-3-5-16(6-4-15)29-20(21,22)23/h2-7,12,18,26H,8-11H2,1H3/p+1. The van der Waals surface area contributed by atoms with Gasteiger partial charge in [-0.05, 0) is 55.0 Å². The van der Waals surface area contributed by atoms with Crippen LogP contribution in [0.1, 0.15) is 12.0 Å². The lowest BCUT2D eigenvalue weighted by molar-refractivity contribution is -0.274. The van der Waals surface area contributed by atoms with Gasteiger partial charge in [-0.1, -0.05) is 0 Å². The molecule has 30 heavy (non-hydrogen) atoms. The van der Waals surface area contributed by atoms with Crippen molar-refractivity contribution in [2.24, 2.45) is 0 Å². The van der Waals surface area contributed by atoms with Crippen molar-refractivity contribution in [3.63, 3.8) is 0 Å². The van der Waals surface area contributed by atoms with Gasteiger partial charge in [0.25, 0.3) is 5.91 Å². The third-order valence-corrected chi connectivity index (χ3v) is 4.79. The van der Waals surface area contributed by atoms with E-state index in [0.29, 0.717) is 36.8 Å². The summed E-state index contributed by atoms with van der Waals surface area (Å²) in [4.78, 5) is 14.3. The molecule has 0 spiro atoms. The molecule has 0 radical (unpaired) electrons. The Hall–Kier alpha value is -2.59. The highest BCUT2D eigenvalue weighted by Crippen LogP contribution is 2.30. The highest BCUT2D eigenvalue weighted by Gasteiger charge is 2.35. The van der Waals surface area contributed by atoms with Gasteiger partial charge in [-0.3, -0.25) is 4.79 Å². The normalized spacial score (nSPS) is 16.6. The Morgan fingerprint density at radius 2 is 1.87 bits per heavy atom. The molecule has 1 heterocycles. The monoisotopic (exact) mass is 444 g/mol. The maximum atomic E-state index is 12.7. The van der Waals surface area contributed by atoms with Gasteiger partial charge in [-0.25, -0.2) is 0 Å². The second kappa shape index (κ2) is 9.48. The Morgan fingerprint density at radius 3 is 2.50 bits per heavy atom. The molecule has 0 bridgehead atoms. The molecule has 1 amide bonds. The molecule has 3 rings (SSSR count). The highest BCUT2D eigenvalue weighted by molar-refractivity contribution is 7.72. The summed E-state index contributed by atoms with van der Waals surface area (Å²) in [6, 6.07) is 10.3. The molecule has 1 aliphatic rings. The zero-order valence-corrected chi connectivity index (χ0v) is 17.0. The van der Waals surface area contributed by atoms with Gasteiger partial charge in [0.05, 0.1) is 0 Å². The first-order chi connectivity index (χ1) is 14.3. The van der Waals surface area contributed by atoms with Gasteiger partial charge >= 0.3 is 6.36 Å². The van der Waals surface area contributed by atoms with E-state index in [0.717, 1.165) is 17.7 Å². The van der Waals surface area contributed by atoms with Gasteiger partial charge < -0.3 is 19.1 Å². The number of nitrogens with zero attached hydrogens (tertiary/aromatic N) is 1. The van der Waals surface area contributed by atoms with Crippen LogP contribution in [0.3, 0.4) is 0 Å². The van der Waals surface area contributed by atoms with Gasteiger partial charge in [0, 0.05) is 18.7 Å². The number of hydrogen-bond donors (Lipinski definition) is 1. The van der Waals surface area contributed by atoms with Crippen molar-refractivity contribution < 1.29 is 36.7 Å². The summed E-state index contributed by atoms with van der Waals surface area (Å²) < 4.78 is 60.6. The molecule has 6 nitrogen and oxygen atoms in total. The van der Waals surface area contributed by atoms with Crippen LogP contribution in [-0.2, 0) is 16.8 Å². The van der Waals surface area contributed by atoms with Crippen LogP contribution in [0.4, 0.5) is 18.9 Å². The third-order valence-electron chi connectivity index (χ3n) is 4.41. The molecule has 1 fully saturated rings. The van der Waals surface area contributed by atoms with Crippen LogP contribution in [0.25, 0.3) is 0 Å². The van der Waals surface area contributed by atoms with Crippen molar-refractivity contribution in [2.75, 3.05) is 23.8 Å². The number of halogens is 3. The number of amides is 1. The Bertz CT molecular complexity index is 876. The molecule has 1 N–H and O–H groups in total. The summed E-state index contributed by atoms with van der Waals surface area (Å²) in [5.74, 6) is 0.896. The zero-order valence-electron chi connectivity index (χ0n) is 16.1. The Balaban J connectivity index is 1.61. The fourth-order valence-corrected chi connectivity index (χ4v) is 3.24. The molecule has 10 heteroatoms. The molecule has 1 aliphatic heterocycles. The minimum atomic E-state index is -4.76. The number of aryl methyl sites for hydroxylation is 1. The topological polar surface area (TPSA) is 68.2 Å². The average molecular weight is 444 g/mol. The predicted octanol–water partition coefficient (Wildman–Crippen LogP) is 3.74. The highest BCUT2D eigenvalue weighted by atomic mass is 32.2. The van der Waals surface area contributed by atoms with E-state index in [1.54, 1.807) is 17.0 Å². The molecule has 0 aromatic heterocycles. The van der Waals surface area contributed by atoms with Crippen molar-refractivity contribution in [3.05, 3.63) is 48.0 Å². The second-order valence-corrected chi connectivity index (χ2v) is 7.30. The smallest absolute Gasteiger partial charge is 0.488 e. The summed E-state index contributed by atoms with van der Waals surface area (Å²) in [6.45, 7) is 2.72. The molecule has 2 aromatic carbocycles. The lowest BCUT2D eigenvalue weighted by Crippen LogP contribution is -2.32. The van der Waals surface area contributed by atoms with Gasteiger partial charge in [-0.2, -0.15) is 4.55 Å². The van der Waals surface area contributed by atoms with Crippen LogP contribution in [0, 0.1) is 6.92 Å². The van der Waals surface area contributed by atoms with Crippen molar-refractivity contribution in [2.45, 2.75) is 25.8 Å². The number of thiol groups is 1. The molecule has 162 valence electrons. The van der Waals surface area contributed by atoms with Crippen LogP contribution in [0.2, 0.25) is 0 Å². The van der Waals surface area contributed by atoms with Crippen molar-refractivity contribution >= 4 is 23.6 Å². The second-order valence-electron chi connectivity index (χ2n) is 6.57. The fraction of sp³-hybridized carbons (Fsp3) is 0.350. The van der Waals surface area contributed by atoms with Gasteiger partial charge in [0.2, 0.25) is 0 Å². The first-order valence-electron chi connectivity index (χ1n) is 9.15. The van der Waals surface area contributed by atoms with Crippen molar-refractivity contribution in [3.8, 4) is 17.2 Å². The number of hydrogen-bond acceptors (Lipinski definition) is 5. The molecule has 1 unspecified atom stereocenters. The average Bonchev–Trinajstić information content (AvgIpc) is 3.04. The van der Waals surface area contributed by atoms with Crippen molar-refractivity contribution in [1.29, 1.82) is 0 Å². The lowest BCUT2D eigenvalue weighted by atomic mass is 10.2. The molecule has 0 saturated carbocycles. The van der Waals surface area contributed by atoms with Gasteiger partial charge in [0.15, 0.2) is 11.9 Å². The van der Waals surface area contributed by atoms with Crippen molar-refractivity contribution in [1.82, 2.24) is 0 Å². The minimum absolute atomic E-state index is 0.224. The maximum Gasteiger partial charge on any atom is 0.573 e. The van der Waals surface area contributed by atoms with Crippen LogP contribution < -0.4 is 19.1 Å². The fourth-order valence-electron chi connectivity index (χ4n) is 3.06. The number of carbonyl (C=O) groups excluding carboxylic acids is 1. The number of benzene rings is 2. The Kier molecular flexibility index (Phi) is 6.99. The molecular weight excluding hydrogens is 423 g/mol. The van der Waals surface area contributed by atoms with E-state index in [2.05, 4.69) is 4.74 Å². The minimum Gasteiger partial charge on any atom is -0.488 e. The molecule has 1 atom stereocenters. The van der Waals surface area contributed by atoms with E-state index in [4.69, 9.17) is 14.0 Å². The number of ether oxygens (including phenoxy) is 3. The van der Waals surface area contributed by atoms with Gasteiger partial charge in [0.1, 0.15) is 35.9 Å². The van der Waals surface area contributed by atoms with E-state index in [1.165, 1.54) is 12.1 Å². The number of rotatable bonds is 8. The summed E-state index contributed by atoms with van der Waals surface area (Å²) in [5, 5.41) is 0. The summed E-state index contributed by atoms with van der Waals surface area (Å²) in [7, 11) is 0. The predicted molar refractivity (Wildman–Crippen MR) is 107 cm³/mol. The number of anilines is 1. The quantitative estimate of drug-likeness (QED) is 0.382. The first kappa shape index (κ1) is 22.1. The molecule has 0 aliphatic carbocycles. The van der Waals surface area contributed by atoms with E-state index < -0.39 is 12.5 Å². The SMILES string of the molecule is Cc1cc(N2CCC(Oc3ccc(OC(F)(F)F)cc3)C2=O)ccc1OCC[SH+]O. The summed E-state index contributed by atoms with van der Waals surface area (Å²) in [6.07, 6.45) is -5.03. The lowest BCUT2D eigenvalue weighted by Gasteiger charge is -2.19. The summed E-state index contributed by atoms with van der Waals surface area (Å²) in [5.41, 5.74) is 1.57. The van der Waals surface area contributed by atoms with E-state index in [1.807, 2.05) is 13.0 Å². The zero-order chi connectivity index (χ0) is 21.7. The number of alkyl halides is 3. The molecule has 1 saturated heterocycles. The Morgan fingerprint density at radius 1 is 1.17 bits per heavy atom. The van der Waals surface area contributed by atoms with E-state index in [9.17, 15) is 18.0 Å². The number of carbonyl (C=O) groups is 1. The summed E-state index contributed by atoms with van der Waals surface area (Å²) >= 11 is 0.272. The van der Waals surface area contributed by atoms with E-state index in [-0.39, 0.29) is 29.4 Å². The third kappa shape index (κ3) is 5.73. The maximum absolute atomic E-state index is 12.7. The van der Waals surface area contributed by atoms with Crippen LogP contribution in [-0.4, -0.2) is 41.8 Å². The van der Waals surface area contributed by atoms with Crippen LogP contribution in [0.5, 0.6) is 17.2 Å². The van der Waals surface area contributed by atoms with Crippen LogP contribution >= 0.6 is 0 Å².